The van der Waals surface area contributed by atoms with Gasteiger partial charge in [0.2, 0.25) is 0 Å². The average molecular weight is 303 g/mol. The van der Waals surface area contributed by atoms with Crippen molar-refractivity contribution in [2.24, 2.45) is 12.2 Å². The van der Waals surface area contributed by atoms with Gasteiger partial charge in [-0.2, -0.15) is 5.10 Å². The maximum absolute atomic E-state index is 9.05. The highest BCUT2D eigenvalue weighted by Crippen LogP contribution is 2.41. The highest BCUT2D eigenvalue weighted by molar-refractivity contribution is 6.00. The zero-order valence-corrected chi connectivity index (χ0v) is 13.8. The summed E-state index contributed by atoms with van der Waals surface area (Å²) in [4.78, 5) is 0. The molecular formula is C16H21N3O3. The lowest BCUT2D eigenvalue weighted by atomic mass is 9.98. The Bertz CT molecular complexity index is 733. The first kappa shape index (κ1) is 15.9. The van der Waals surface area contributed by atoms with Gasteiger partial charge in [0.15, 0.2) is 11.5 Å². The minimum atomic E-state index is 0.501. The molecule has 0 atom stereocenters. The van der Waals surface area contributed by atoms with Crippen molar-refractivity contribution in [1.82, 2.24) is 9.78 Å². The molecule has 1 heterocycles. The number of aryl methyl sites for hydroxylation is 2. The molecule has 0 aliphatic heterocycles. The zero-order chi connectivity index (χ0) is 16.4. The first-order valence-electron chi connectivity index (χ1n) is 6.90. The fourth-order valence-corrected chi connectivity index (χ4v) is 2.58. The van der Waals surface area contributed by atoms with E-state index in [-0.39, 0.29) is 0 Å². The summed E-state index contributed by atoms with van der Waals surface area (Å²) in [5.74, 6) is 1.22. The molecule has 0 saturated heterocycles. The van der Waals surface area contributed by atoms with Crippen molar-refractivity contribution in [2.45, 2.75) is 20.8 Å². The zero-order valence-electron chi connectivity index (χ0n) is 13.8. The van der Waals surface area contributed by atoms with Gasteiger partial charge in [0, 0.05) is 29.4 Å². The first-order chi connectivity index (χ1) is 10.4. The summed E-state index contributed by atoms with van der Waals surface area (Å²) in [6.45, 7) is 5.68. The Kier molecular flexibility index (Phi) is 4.40. The van der Waals surface area contributed by atoms with Gasteiger partial charge in [0.1, 0.15) is 0 Å². The summed E-state index contributed by atoms with van der Waals surface area (Å²) < 4.78 is 12.8. The molecule has 0 bridgehead atoms. The topological polar surface area (TPSA) is 68.9 Å². The molecule has 1 N–H and O–H groups in total. The molecule has 0 aliphatic carbocycles. The fourth-order valence-electron chi connectivity index (χ4n) is 2.58. The van der Waals surface area contributed by atoms with E-state index in [4.69, 9.17) is 14.7 Å². The molecule has 118 valence electrons. The molecular weight excluding hydrogens is 282 g/mol. The van der Waals surface area contributed by atoms with Crippen molar-refractivity contribution >= 4 is 5.71 Å². The molecule has 0 amide bonds. The maximum atomic E-state index is 9.05. The van der Waals surface area contributed by atoms with Gasteiger partial charge in [-0.1, -0.05) is 5.16 Å². The Morgan fingerprint density at radius 2 is 1.91 bits per heavy atom. The summed E-state index contributed by atoms with van der Waals surface area (Å²) in [7, 11) is 5.09. The van der Waals surface area contributed by atoms with Crippen LogP contribution in [0.15, 0.2) is 17.3 Å². The van der Waals surface area contributed by atoms with Crippen LogP contribution in [-0.4, -0.2) is 34.9 Å². The molecule has 2 aromatic rings. The summed E-state index contributed by atoms with van der Waals surface area (Å²) in [6.07, 6.45) is 0. The molecule has 6 nitrogen and oxygen atoms in total. The highest BCUT2D eigenvalue weighted by atomic mass is 16.5. The molecule has 0 radical (unpaired) electrons. The van der Waals surface area contributed by atoms with Crippen LogP contribution in [0.2, 0.25) is 0 Å². The van der Waals surface area contributed by atoms with Crippen LogP contribution >= 0.6 is 0 Å². The van der Waals surface area contributed by atoms with Crippen molar-refractivity contribution < 1.29 is 14.7 Å². The Morgan fingerprint density at radius 1 is 1.23 bits per heavy atom. The smallest absolute Gasteiger partial charge is 0.168 e. The van der Waals surface area contributed by atoms with Gasteiger partial charge in [-0.25, -0.2) is 0 Å². The van der Waals surface area contributed by atoms with Crippen molar-refractivity contribution in [3.8, 4) is 22.6 Å². The van der Waals surface area contributed by atoms with Crippen LogP contribution in [0, 0.1) is 13.8 Å². The van der Waals surface area contributed by atoms with Crippen molar-refractivity contribution in [3.63, 3.8) is 0 Å². The van der Waals surface area contributed by atoms with Crippen LogP contribution < -0.4 is 9.47 Å². The molecule has 22 heavy (non-hydrogen) atoms. The highest BCUT2D eigenvalue weighted by Gasteiger charge is 2.20. The summed E-state index contributed by atoms with van der Waals surface area (Å²) in [6, 6.07) is 3.71. The van der Waals surface area contributed by atoms with Gasteiger partial charge in [-0.3, -0.25) is 4.68 Å². The molecule has 1 aromatic carbocycles. The molecule has 2 rings (SSSR count). The van der Waals surface area contributed by atoms with Gasteiger partial charge >= 0.3 is 0 Å². The van der Waals surface area contributed by atoms with Crippen molar-refractivity contribution in [3.05, 3.63) is 29.1 Å². The number of aromatic nitrogens is 2. The van der Waals surface area contributed by atoms with Gasteiger partial charge in [-0.05, 0) is 32.9 Å². The largest absolute Gasteiger partial charge is 0.493 e. The Balaban J connectivity index is 2.83. The van der Waals surface area contributed by atoms with E-state index in [0.29, 0.717) is 17.2 Å². The van der Waals surface area contributed by atoms with E-state index < -0.39 is 0 Å². The maximum Gasteiger partial charge on any atom is 0.168 e. The third-order valence-electron chi connectivity index (χ3n) is 3.83. The average Bonchev–Trinajstić information content (AvgIpc) is 2.77. The standard InChI is InChI=1S/C16H21N3O3/c1-9(18-20)12-7-13(16(22-6)14(8-12)21-5)15-10(2)17-19(4)11(15)3/h7-8,20H,1-6H3/b18-9+. The van der Waals surface area contributed by atoms with Crippen molar-refractivity contribution in [2.75, 3.05) is 14.2 Å². The predicted molar refractivity (Wildman–Crippen MR) is 85.2 cm³/mol. The number of rotatable bonds is 4. The Hall–Kier alpha value is -2.50. The number of ether oxygens (including phenoxy) is 2. The van der Waals surface area contributed by atoms with Crippen LogP contribution in [0.25, 0.3) is 11.1 Å². The lowest BCUT2D eigenvalue weighted by Gasteiger charge is -2.15. The van der Waals surface area contributed by atoms with E-state index in [1.54, 1.807) is 27.2 Å². The minimum absolute atomic E-state index is 0.501. The van der Waals surface area contributed by atoms with Crippen LogP contribution in [0.3, 0.4) is 0 Å². The molecule has 0 fully saturated rings. The molecule has 0 spiro atoms. The van der Waals surface area contributed by atoms with E-state index in [1.807, 2.05) is 31.6 Å². The van der Waals surface area contributed by atoms with E-state index in [2.05, 4.69) is 10.3 Å². The van der Waals surface area contributed by atoms with Crippen LogP contribution in [0.1, 0.15) is 23.9 Å². The molecule has 0 saturated carbocycles. The SMILES string of the molecule is COc1cc(/C(C)=N/O)cc(-c2c(C)nn(C)c2C)c1OC. The predicted octanol–water partition coefficient (Wildman–Crippen LogP) is 2.92. The third-order valence-corrected chi connectivity index (χ3v) is 3.83. The monoisotopic (exact) mass is 303 g/mol. The fraction of sp³-hybridized carbons (Fsp3) is 0.375. The second-order valence-corrected chi connectivity index (χ2v) is 5.11. The quantitative estimate of drug-likeness (QED) is 0.535. The summed E-state index contributed by atoms with van der Waals surface area (Å²) in [5, 5.41) is 16.8. The van der Waals surface area contributed by atoms with Gasteiger partial charge in [0.25, 0.3) is 0 Å². The Morgan fingerprint density at radius 3 is 2.36 bits per heavy atom. The molecule has 1 aromatic heterocycles. The molecule has 0 aliphatic rings. The molecule has 6 heteroatoms. The third kappa shape index (κ3) is 2.52. The number of hydrogen-bond donors (Lipinski definition) is 1. The number of hydrogen-bond acceptors (Lipinski definition) is 5. The number of nitrogens with zero attached hydrogens (tertiary/aromatic N) is 3. The van der Waals surface area contributed by atoms with Crippen LogP contribution in [0.5, 0.6) is 11.5 Å². The van der Waals surface area contributed by atoms with E-state index in [9.17, 15) is 0 Å². The van der Waals surface area contributed by atoms with E-state index in [0.717, 1.165) is 28.1 Å². The van der Waals surface area contributed by atoms with E-state index >= 15 is 0 Å². The normalized spacial score (nSPS) is 11.6. The van der Waals surface area contributed by atoms with E-state index in [1.165, 1.54) is 0 Å². The van der Waals surface area contributed by atoms with Crippen LogP contribution in [-0.2, 0) is 7.05 Å². The summed E-state index contributed by atoms with van der Waals surface area (Å²) >= 11 is 0. The number of methoxy groups -OCH3 is 2. The Labute approximate surface area is 130 Å². The minimum Gasteiger partial charge on any atom is -0.493 e. The van der Waals surface area contributed by atoms with Gasteiger partial charge in [0.05, 0.1) is 25.6 Å². The first-order valence-corrected chi connectivity index (χ1v) is 6.90. The lowest BCUT2D eigenvalue weighted by Crippen LogP contribution is -2.01. The second-order valence-electron chi connectivity index (χ2n) is 5.11. The number of benzene rings is 1. The van der Waals surface area contributed by atoms with Gasteiger partial charge in [-0.15, -0.1) is 0 Å². The summed E-state index contributed by atoms with van der Waals surface area (Å²) in [5.41, 5.74) is 5.04. The molecule has 0 unspecified atom stereocenters. The number of oxime groups is 1. The van der Waals surface area contributed by atoms with Crippen LogP contribution in [0.4, 0.5) is 0 Å². The second kappa shape index (κ2) is 6.09. The van der Waals surface area contributed by atoms with Gasteiger partial charge < -0.3 is 14.7 Å². The van der Waals surface area contributed by atoms with Crippen molar-refractivity contribution in [1.29, 1.82) is 0 Å². The lowest BCUT2D eigenvalue weighted by molar-refractivity contribution is 0.319.